The zero-order chi connectivity index (χ0) is 12.0. The van der Waals surface area contributed by atoms with Gasteiger partial charge in [-0.25, -0.2) is 0 Å². The van der Waals surface area contributed by atoms with Crippen molar-refractivity contribution in [2.45, 2.75) is 25.8 Å². The lowest BCUT2D eigenvalue weighted by molar-refractivity contribution is 0.172. The first kappa shape index (κ1) is 13.0. The van der Waals surface area contributed by atoms with E-state index < -0.39 is 0 Å². The van der Waals surface area contributed by atoms with Gasteiger partial charge in [-0.3, -0.25) is 0 Å². The van der Waals surface area contributed by atoms with Gasteiger partial charge in [-0.05, 0) is 38.0 Å². The maximum absolute atomic E-state index is 6.23. The average Bonchev–Trinajstić information content (AvgIpc) is 2.28. The second kappa shape index (κ2) is 5.87. The van der Waals surface area contributed by atoms with Gasteiger partial charge in [0, 0.05) is 19.3 Å². The molecule has 3 heteroatoms. The van der Waals surface area contributed by atoms with E-state index in [1.807, 2.05) is 38.1 Å². The lowest BCUT2D eigenvalue weighted by atomic mass is 9.90. The fraction of sp³-hybridized carbons (Fsp3) is 0.538. The van der Waals surface area contributed by atoms with Crippen LogP contribution in [0.25, 0.3) is 0 Å². The summed E-state index contributed by atoms with van der Waals surface area (Å²) in [5, 5.41) is 0. The maximum Gasteiger partial charge on any atom is 0.119 e. The van der Waals surface area contributed by atoms with Crippen LogP contribution in [0.4, 0.5) is 0 Å². The van der Waals surface area contributed by atoms with E-state index in [1.54, 1.807) is 7.11 Å². The van der Waals surface area contributed by atoms with E-state index in [2.05, 4.69) is 0 Å². The normalized spacial score (nSPS) is 14.5. The fourth-order valence-corrected chi connectivity index (χ4v) is 1.56. The van der Waals surface area contributed by atoms with Crippen LogP contribution in [0.2, 0.25) is 0 Å². The third kappa shape index (κ3) is 3.51. The van der Waals surface area contributed by atoms with Crippen LogP contribution in [0.1, 0.15) is 25.8 Å². The molecule has 16 heavy (non-hydrogen) atoms. The molecule has 0 bridgehead atoms. The van der Waals surface area contributed by atoms with Gasteiger partial charge in [0.25, 0.3) is 0 Å². The molecule has 0 heterocycles. The zero-order valence-corrected chi connectivity index (χ0v) is 10.3. The van der Waals surface area contributed by atoms with Crippen LogP contribution in [0, 0.1) is 0 Å². The van der Waals surface area contributed by atoms with Gasteiger partial charge in [0.2, 0.25) is 0 Å². The van der Waals surface area contributed by atoms with Crippen molar-refractivity contribution < 1.29 is 9.47 Å². The lowest BCUT2D eigenvalue weighted by Gasteiger charge is -2.25. The van der Waals surface area contributed by atoms with Crippen molar-refractivity contribution in [1.82, 2.24) is 0 Å². The number of rotatable bonds is 6. The van der Waals surface area contributed by atoms with Crippen LogP contribution < -0.4 is 10.5 Å². The summed E-state index contributed by atoms with van der Waals surface area (Å²) in [6.45, 7) is 5.34. The Morgan fingerprint density at radius 1 is 1.25 bits per heavy atom. The molecule has 0 aliphatic rings. The standard InChI is InChI=1S/C13H21NO2/c1-4-16-12-7-5-11(6-8-12)13(2,14)9-10-15-3/h5-8H,4,9-10,14H2,1-3H3. The van der Waals surface area contributed by atoms with E-state index in [0.29, 0.717) is 13.2 Å². The van der Waals surface area contributed by atoms with Gasteiger partial charge in [-0.2, -0.15) is 0 Å². The number of methoxy groups -OCH3 is 1. The summed E-state index contributed by atoms with van der Waals surface area (Å²) in [6.07, 6.45) is 0.803. The molecule has 0 aliphatic carbocycles. The second-order valence-corrected chi connectivity index (χ2v) is 4.12. The van der Waals surface area contributed by atoms with Gasteiger partial charge in [-0.15, -0.1) is 0 Å². The monoisotopic (exact) mass is 223 g/mol. The number of nitrogens with two attached hydrogens (primary N) is 1. The van der Waals surface area contributed by atoms with Crippen molar-refractivity contribution >= 4 is 0 Å². The largest absolute Gasteiger partial charge is 0.494 e. The molecule has 0 aromatic heterocycles. The van der Waals surface area contributed by atoms with E-state index in [0.717, 1.165) is 17.7 Å². The molecule has 1 atom stereocenters. The Bertz CT molecular complexity index is 306. The number of ether oxygens (including phenoxy) is 2. The number of hydrogen-bond donors (Lipinski definition) is 1. The van der Waals surface area contributed by atoms with E-state index in [9.17, 15) is 0 Å². The quantitative estimate of drug-likeness (QED) is 0.804. The molecule has 0 aliphatic heterocycles. The molecule has 0 radical (unpaired) electrons. The van der Waals surface area contributed by atoms with Crippen molar-refractivity contribution in [3.8, 4) is 5.75 Å². The minimum absolute atomic E-state index is 0.346. The van der Waals surface area contributed by atoms with Crippen molar-refractivity contribution in [2.24, 2.45) is 5.73 Å². The molecule has 2 N–H and O–H groups in total. The van der Waals surface area contributed by atoms with Crippen molar-refractivity contribution in [3.05, 3.63) is 29.8 Å². The molecule has 0 saturated heterocycles. The van der Waals surface area contributed by atoms with E-state index in [-0.39, 0.29) is 5.54 Å². The molecular weight excluding hydrogens is 202 g/mol. The molecule has 1 aromatic rings. The van der Waals surface area contributed by atoms with Crippen LogP contribution in [0.5, 0.6) is 5.75 Å². The number of hydrogen-bond acceptors (Lipinski definition) is 3. The van der Waals surface area contributed by atoms with Crippen molar-refractivity contribution in [2.75, 3.05) is 20.3 Å². The predicted molar refractivity (Wildman–Crippen MR) is 65.6 cm³/mol. The average molecular weight is 223 g/mol. The van der Waals surface area contributed by atoms with Gasteiger partial charge in [0.05, 0.1) is 6.61 Å². The Labute approximate surface area is 97.6 Å². The van der Waals surface area contributed by atoms with Crippen LogP contribution in [0.3, 0.4) is 0 Å². The van der Waals surface area contributed by atoms with Gasteiger partial charge >= 0.3 is 0 Å². The first-order chi connectivity index (χ1) is 7.60. The third-order valence-electron chi connectivity index (χ3n) is 2.65. The van der Waals surface area contributed by atoms with Crippen LogP contribution in [-0.4, -0.2) is 20.3 Å². The minimum Gasteiger partial charge on any atom is -0.494 e. The lowest BCUT2D eigenvalue weighted by Crippen LogP contribution is -2.34. The van der Waals surface area contributed by atoms with E-state index in [4.69, 9.17) is 15.2 Å². The molecule has 0 fully saturated rings. The van der Waals surface area contributed by atoms with Gasteiger partial charge < -0.3 is 15.2 Å². The Balaban J connectivity index is 2.71. The Kier molecular flexibility index (Phi) is 4.77. The molecule has 1 rings (SSSR count). The summed E-state index contributed by atoms with van der Waals surface area (Å²) in [7, 11) is 1.69. The summed E-state index contributed by atoms with van der Waals surface area (Å²) in [5.41, 5.74) is 6.99. The highest BCUT2D eigenvalue weighted by Crippen LogP contribution is 2.23. The molecule has 0 saturated carbocycles. The second-order valence-electron chi connectivity index (χ2n) is 4.12. The summed E-state index contributed by atoms with van der Waals surface area (Å²) >= 11 is 0. The smallest absolute Gasteiger partial charge is 0.119 e. The Morgan fingerprint density at radius 3 is 2.38 bits per heavy atom. The summed E-state index contributed by atoms with van der Waals surface area (Å²) in [5.74, 6) is 0.883. The molecule has 1 aromatic carbocycles. The summed E-state index contributed by atoms with van der Waals surface area (Å²) in [4.78, 5) is 0. The van der Waals surface area contributed by atoms with Gasteiger partial charge in [0.1, 0.15) is 5.75 Å². The van der Waals surface area contributed by atoms with Gasteiger partial charge in [-0.1, -0.05) is 12.1 Å². The first-order valence-corrected chi connectivity index (χ1v) is 5.61. The molecule has 1 unspecified atom stereocenters. The Hall–Kier alpha value is -1.06. The van der Waals surface area contributed by atoms with Crippen molar-refractivity contribution in [3.63, 3.8) is 0 Å². The number of benzene rings is 1. The molecule has 0 amide bonds. The topological polar surface area (TPSA) is 44.5 Å². The molecule has 0 spiro atoms. The van der Waals surface area contributed by atoms with Crippen LogP contribution in [0.15, 0.2) is 24.3 Å². The van der Waals surface area contributed by atoms with Crippen LogP contribution in [-0.2, 0) is 10.3 Å². The fourth-order valence-electron chi connectivity index (χ4n) is 1.56. The molecular formula is C13H21NO2. The van der Waals surface area contributed by atoms with E-state index >= 15 is 0 Å². The third-order valence-corrected chi connectivity index (χ3v) is 2.65. The Morgan fingerprint density at radius 2 is 1.88 bits per heavy atom. The summed E-state index contributed by atoms with van der Waals surface area (Å²) in [6, 6.07) is 7.94. The minimum atomic E-state index is -0.346. The maximum atomic E-state index is 6.23. The molecule has 90 valence electrons. The predicted octanol–water partition coefficient (Wildman–Crippen LogP) is 2.30. The van der Waals surface area contributed by atoms with Gasteiger partial charge in [0.15, 0.2) is 0 Å². The van der Waals surface area contributed by atoms with Crippen LogP contribution >= 0.6 is 0 Å². The SMILES string of the molecule is CCOc1ccc(C(C)(N)CCOC)cc1. The van der Waals surface area contributed by atoms with Crippen molar-refractivity contribution in [1.29, 1.82) is 0 Å². The summed E-state index contributed by atoms with van der Waals surface area (Å²) < 4.78 is 10.4. The highest BCUT2D eigenvalue weighted by molar-refractivity contribution is 5.31. The highest BCUT2D eigenvalue weighted by Gasteiger charge is 2.20. The highest BCUT2D eigenvalue weighted by atomic mass is 16.5. The molecule has 3 nitrogen and oxygen atoms in total. The zero-order valence-electron chi connectivity index (χ0n) is 10.3. The first-order valence-electron chi connectivity index (χ1n) is 5.61. The van der Waals surface area contributed by atoms with E-state index in [1.165, 1.54) is 0 Å².